The van der Waals surface area contributed by atoms with Crippen LogP contribution >= 0.6 is 22.6 Å². The van der Waals surface area contributed by atoms with Gasteiger partial charge >= 0.3 is 5.97 Å². The van der Waals surface area contributed by atoms with Gasteiger partial charge in [0.1, 0.15) is 9.35 Å². The molecule has 18 heavy (non-hydrogen) atoms. The minimum Gasteiger partial charge on any atom is -0.468 e. The Balaban J connectivity index is 2.16. The zero-order chi connectivity index (χ0) is 13.1. The zero-order valence-electron chi connectivity index (χ0n) is 10.3. The Morgan fingerprint density at radius 1 is 1.56 bits per heavy atom. The maximum atomic E-state index is 11.2. The van der Waals surface area contributed by atoms with E-state index >= 15 is 0 Å². The Kier molecular flexibility index (Phi) is 4.18. The monoisotopic (exact) mass is 359 g/mol. The average Bonchev–Trinajstić information content (AvgIpc) is 2.66. The number of carbonyl (C=O) groups is 1. The highest BCUT2D eigenvalue weighted by atomic mass is 127. The summed E-state index contributed by atoms with van der Waals surface area (Å²) in [5.41, 5.74) is 1.89. The summed E-state index contributed by atoms with van der Waals surface area (Å²) in [6.07, 6.45) is 1.98. The Hall–Kier alpha value is -1.15. The van der Waals surface area contributed by atoms with Crippen molar-refractivity contribution in [2.45, 2.75) is 6.54 Å². The normalized spacial score (nSPS) is 11.1. The van der Waals surface area contributed by atoms with Crippen LogP contribution in [-0.2, 0) is 16.1 Å². The first-order valence-corrected chi connectivity index (χ1v) is 6.56. The van der Waals surface area contributed by atoms with Crippen LogP contribution < -0.4 is 0 Å². The van der Waals surface area contributed by atoms with Gasteiger partial charge in [-0.3, -0.25) is 14.1 Å². The number of nitrogens with zero attached hydrogens (tertiary/aromatic N) is 3. The summed E-state index contributed by atoms with van der Waals surface area (Å²) in [4.78, 5) is 17.6. The summed E-state index contributed by atoms with van der Waals surface area (Å²) >= 11 is 2.27. The Morgan fingerprint density at radius 2 is 2.33 bits per heavy atom. The highest BCUT2D eigenvalue weighted by Crippen LogP contribution is 2.16. The summed E-state index contributed by atoms with van der Waals surface area (Å²) in [5.74, 6) is -0.240. The van der Waals surface area contributed by atoms with E-state index in [-0.39, 0.29) is 12.5 Å². The van der Waals surface area contributed by atoms with E-state index in [4.69, 9.17) is 0 Å². The molecule has 0 fully saturated rings. The summed E-state index contributed by atoms with van der Waals surface area (Å²) in [5, 5.41) is 0. The molecule has 0 N–H and O–H groups in total. The molecule has 0 amide bonds. The number of methoxy groups -OCH3 is 1. The Bertz CT molecular complexity index is 567. The van der Waals surface area contributed by atoms with Gasteiger partial charge in [-0.2, -0.15) is 0 Å². The number of hydrogen-bond acceptors (Lipinski definition) is 4. The van der Waals surface area contributed by atoms with E-state index in [0.717, 1.165) is 15.0 Å². The smallest absolute Gasteiger partial charge is 0.319 e. The lowest BCUT2D eigenvalue weighted by Crippen LogP contribution is -2.26. The van der Waals surface area contributed by atoms with Gasteiger partial charge in [0.25, 0.3) is 0 Å². The average molecular weight is 359 g/mol. The van der Waals surface area contributed by atoms with Crippen molar-refractivity contribution in [3.8, 4) is 0 Å². The second-order valence-electron chi connectivity index (χ2n) is 4.03. The number of esters is 1. The molecule has 2 aromatic rings. The van der Waals surface area contributed by atoms with Gasteiger partial charge in [0.15, 0.2) is 0 Å². The first-order valence-electron chi connectivity index (χ1n) is 5.48. The van der Waals surface area contributed by atoms with E-state index in [1.54, 1.807) is 0 Å². The molecule has 96 valence electrons. The number of rotatable bonds is 4. The first kappa shape index (κ1) is 13.3. The lowest BCUT2D eigenvalue weighted by molar-refractivity contribution is -0.141. The lowest BCUT2D eigenvalue weighted by atomic mass is 10.4. The van der Waals surface area contributed by atoms with E-state index < -0.39 is 0 Å². The van der Waals surface area contributed by atoms with Crippen molar-refractivity contribution >= 4 is 34.2 Å². The van der Waals surface area contributed by atoms with Crippen LogP contribution in [0, 0.1) is 3.70 Å². The number of likely N-dealkylation sites (N-methyl/N-ethyl adjacent to an activating group) is 1. The molecule has 5 nitrogen and oxygen atoms in total. The topological polar surface area (TPSA) is 46.8 Å². The summed E-state index contributed by atoms with van der Waals surface area (Å²) < 4.78 is 7.74. The van der Waals surface area contributed by atoms with Gasteiger partial charge < -0.3 is 4.74 Å². The molecule has 0 aliphatic rings. The maximum Gasteiger partial charge on any atom is 0.319 e. The van der Waals surface area contributed by atoms with Gasteiger partial charge in [-0.05, 0) is 41.8 Å². The molecule has 0 unspecified atom stereocenters. The van der Waals surface area contributed by atoms with Gasteiger partial charge in [-0.25, -0.2) is 4.98 Å². The fourth-order valence-electron chi connectivity index (χ4n) is 1.71. The van der Waals surface area contributed by atoms with Gasteiger partial charge in [0.2, 0.25) is 0 Å². The minimum atomic E-state index is -0.240. The second-order valence-corrected chi connectivity index (χ2v) is 5.05. The van der Waals surface area contributed by atoms with Crippen LogP contribution in [0.4, 0.5) is 0 Å². The molecule has 0 atom stereocenters. The van der Waals surface area contributed by atoms with E-state index in [0.29, 0.717) is 6.54 Å². The summed E-state index contributed by atoms with van der Waals surface area (Å²) in [6.45, 7) is 0.884. The fourth-order valence-corrected chi connectivity index (χ4v) is 2.41. The molecule has 0 bridgehead atoms. The largest absolute Gasteiger partial charge is 0.468 e. The van der Waals surface area contributed by atoms with Crippen LogP contribution in [0.1, 0.15) is 5.69 Å². The lowest BCUT2D eigenvalue weighted by Gasteiger charge is -2.13. The first-order chi connectivity index (χ1) is 8.61. The molecule has 6 heteroatoms. The highest BCUT2D eigenvalue weighted by molar-refractivity contribution is 14.1. The molecule has 0 spiro atoms. The minimum absolute atomic E-state index is 0.240. The van der Waals surface area contributed by atoms with Gasteiger partial charge in [0.05, 0.1) is 19.3 Å². The number of halogens is 1. The Morgan fingerprint density at radius 3 is 3.00 bits per heavy atom. The van der Waals surface area contributed by atoms with E-state index in [2.05, 4.69) is 32.3 Å². The van der Waals surface area contributed by atoms with Crippen LogP contribution in [0.5, 0.6) is 0 Å². The predicted octanol–water partition coefficient (Wildman–Crippen LogP) is 1.54. The Labute approximate surface area is 119 Å². The molecular weight excluding hydrogens is 345 g/mol. The molecule has 0 aromatic carbocycles. The molecule has 0 aliphatic carbocycles. The number of imidazole rings is 1. The van der Waals surface area contributed by atoms with Crippen molar-refractivity contribution in [2.24, 2.45) is 0 Å². The number of aromatic nitrogens is 2. The molecule has 2 rings (SSSR count). The second kappa shape index (κ2) is 5.66. The zero-order valence-corrected chi connectivity index (χ0v) is 12.4. The van der Waals surface area contributed by atoms with E-state index in [1.807, 2.05) is 40.7 Å². The summed E-state index contributed by atoms with van der Waals surface area (Å²) in [6, 6.07) is 5.89. The van der Waals surface area contributed by atoms with Crippen molar-refractivity contribution < 1.29 is 9.53 Å². The number of hydrogen-bond donors (Lipinski definition) is 0. The van der Waals surface area contributed by atoms with Crippen molar-refractivity contribution in [2.75, 3.05) is 20.7 Å². The standard InChI is InChI=1S/C12H14IN3O2/c1-15(8-11(17)18-2)7-9-12(13)16-6-4-3-5-10(16)14-9/h3-6H,7-8H2,1-2H3. The maximum absolute atomic E-state index is 11.2. The van der Waals surface area contributed by atoms with Crippen molar-refractivity contribution in [3.63, 3.8) is 0 Å². The molecule has 2 heterocycles. The van der Waals surface area contributed by atoms with Crippen LogP contribution in [0.15, 0.2) is 24.4 Å². The van der Waals surface area contributed by atoms with Gasteiger partial charge in [-0.1, -0.05) is 6.07 Å². The number of ether oxygens (including phenoxy) is 1. The fraction of sp³-hybridized carbons (Fsp3) is 0.333. The number of pyridine rings is 1. The van der Waals surface area contributed by atoms with E-state index in [9.17, 15) is 4.79 Å². The van der Waals surface area contributed by atoms with E-state index in [1.165, 1.54) is 7.11 Å². The van der Waals surface area contributed by atoms with Crippen molar-refractivity contribution in [1.82, 2.24) is 14.3 Å². The van der Waals surface area contributed by atoms with Gasteiger partial charge in [0, 0.05) is 12.7 Å². The van der Waals surface area contributed by atoms with Crippen LogP contribution in [0.3, 0.4) is 0 Å². The molecule has 0 saturated heterocycles. The summed E-state index contributed by atoms with van der Waals surface area (Å²) in [7, 11) is 3.27. The number of carbonyl (C=O) groups excluding carboxylic acids is 1. The molecule has 0 aliphatic heterocycles. The molecule has 0 saturated carbocycles. The van der Waals surface area contributed by atoms with Crippen molar-refractivity contribution in [1.29, 1.82) is 0 Å². The third-order valence-electron chi connectivity index (χ3n) is 2.58. The quantitative estimate of drug-likeness (QED) is 0.614. The van der Waals surface area contributed by atoms with Crippen LogP contribution in [0.2, 0.25) is 0 Å². The molecule has 0 radical (unpaired) electrons. The SMILES string of the molecule is COC(=O)CN(C)Cc1nc2ccccn2c1I. The number of fused-ring (bicyclic) bond motifs is 1. The van der Waals surface area contributed by atoms with Crippen LogP contribution in [0.25, 0.3) is 5.65 Å². The van der Waals surface area contributed by atoms with Gasteiger partial charge in [-0.15, -0.1) is 0 Å². The third-order valence-corrected chi connectivity index (χ3v) is 3.73. The third kappa shape index (κ3) is 2.81. The highest BCUT2D eigenvalue weighted by Gasteiger charge is 2.13. The molecular formula is C12H14IN3O2. The van der Waals surface area contributed by atoms with Crippen molar-refractivity contribution in [3.05, 3.63) is 33.8 Å². The predicted molar refractivity (Wildman–Crippen MR) is 76.3 cm³/mol. The molecule has 2 aromatic heterocycles. The van der Waals surface area contributed by atoms with Crippen LogP contribution in [-0.4, -0.2) is 41.0 Å².